The van der Waals surface area contributed by atoms with Crippen LogP contribution in [0.2, 0.25) is 5.02 Å². The van der Waals surface area contributed by atoms with E-state index in [0.29, 0.717) is 38.4 Å². The molecule has 0 saturated heterocycles. The summed E-state index contributed by atoms with van der Waals surface area (Å²) in [7, 11) is 5.03. The highest BCUT2D eigenvalue weighted by Gasteiger charge is 2.17. The second-order valence-electron chi connectivity index (χ2n) is 5.65. The van der Waals surface area contributed by atoms with Crippen LogP contribution in [0.3, 0.4) is 0 Å². The molecular formula is C17H17ClN4O3. The van der Waals surface area contributed by atoms with Crippen LogP contribution in [0, 0.1) is 0 Å². The monoisotopic (exact) mass is 360 g/mol. The number of hydroxylamine groups is 1. The highest BCUT2D eigenvalue weighted by molar-refractivity contribution is 6.34. The molecular weight excluding hydrogens is 344 g/mol. The SMILES string of the molecule is CONC(=O)c1c[nH]c2cc(Cl)c(-c3ccc(N(C)C)nc3O)cc12. The van der Waals surface area contributed by atoms with E-state index < -0.39 is 0 Å². The molecule has 3 aromatic rings. The lowest BCUT2D eigenvalue weighted by atomic mass is 10.0. The van der Waals surface area contributed by atoms with Crippen molar-refractivity contribution in [3.63, 3.8) is 0 Å². The van der Waals surface area contributed by atoms with Crippen LogP contribution in [0.15, 0.2) is 30.5 Å². The Kier molecular flexibility index (Phi) is 4.52. The van der Waals surface area contributed by atoms with Crippen LogP contribution in [0.25, 0.3) is 22.0 Å². The molecule has 0 spiro atoms. The van der Waals surface area contributed by atoms with Gasteiger partial charge in [0.1, 0.15) is 5.82 Å². The summed E-state index contributed by atoms with van der Waals surface area (Å²) in [6.07, 6.45) is 1.58. The third-order valence-electron chi connectivity index (χ3n) is 3.82. The summed E-state index contributed by atoms with van der Waals surface area (Å²) in [4.78, 5) is 25.7. The minimum absolute atomic E-state index is 0.133. The molecule has 25 heavy (non-hydrogen) atoms. The number of nitrogens with one attached hydrogen (secondary N) is 2. The van der Waals surface area contributed by atoms with Gasteiger partial charge >= 0.3 is 0 Å². The number of rotatable bonds is 4. The van der Waals surface area contributed by atoms with Gasteiger partial charge in [-0.15, -0.1) is 0 Å². The van der Waals surface area contributed by atoms with Gasteiger partial charge in [0.25, 0.3) is 5.91 Å². The Morgan fingerprint density at radius 1 is 1.32 bits per heavy atom. The van der Waals surface area contributed by atoms with Crippen LogP contribution in [0.1, 0.15) is 10.4 Å². The van der Waals surface area contributed by atoms with Crippen LogP contribution in [0.4, 0.5) is 5.82 Å². The fraction of sp³-hybridized carbons (Fsp3) is 0.176. The highest BCUT2D eigenvalue weighted by atomic mass is 35.5. The Morgan fingerprint density at radius 3 is 2.72 bits per heavy atom. The zero-order valence-electron chi connectivity index (χ0n) is 13.9. The first-order chi connectivity index (χ1) is 11.9. The molecule has 0 aliphatic rings. The van der Waals surface area contributed by atoms with Crippen LogP contribution in [-0.2, 0) is 4.84 Å². The number of aromatic amines is 1. The number of carbonyl (C=O) groups excluding carboxylic acids is 1. The third-order valence-corrected chi connectivity index (χ3v) is 4.13. The van der Waals surface area contributed by atoms with Crippen LogP contribution < -0.4 is 10.4 Å². The molecule has 130 valence electrons. The molecule has 2 aromatic heterocycles. The summed E-state index contributed by atoms with van der Waals surface area (Å²) >= 11 is 6.37. The van der Waals surface area contributed by atoms with Gasteiger partial charge in [-0.2, -0.15) is 4.98 Å². The normalized spacial score (nSPS) is 10.9. The third kappa shape index (κ3) is 3.11. The van der Waals surface area contributed by atoms with Crippen molar-refractivity contribution in [3.05, 3.63) is 41.0 Å². The topological polar surface area (TPSA) is 90.5 Å². The van der Waals surface area contributed by atoms with E-state index in [1.54, 1.807) is 35.4 Å². The summed E-state index contributed by atoms with van der Waals surface area (Å²) in [6, 6.07) is 6.97. The lowest BCUT2D eigenvalue weighted by Crippen LogP contribution is -2.21. The van der Waals surface area contributed by atoms with E-state index in [9.17, 15) is 9.90 Å². The summed E-state index contributed by atoms with van der Waals surface area (Å²) in [5, 5.41) is 11.4. The molecule has 0 unspecified atom stereocenters. The molecule has 0 saturated carbocycles. The maximum absolute atomic E-state index is 12.1. The summed E-state index contributed by atoms with van der Waals surface area (Å²) in [5.74, 6) is 0.110. The van der Waals surface area contributed by atoms with Crippen molar-refractivity contribution < 1.29 is 14.7 Å². The molecule has 0 fully saturated rings. The van der Waals surface area contributed by atoms with Crippen molar-refractivity contribution in [2.75, 3.05) is 26.1 Å². The van der Waals surface area contributed by atoms with Gasteiger partial charge in [-0.1, -0.05) is 11.6 Å². The minimum Gasteiger partial charge on any atom is -0.493 e. The molecule has 0 aliphatic carbocycles. The van der Waals surface area contributed by atoms with Gasteiger partial charge in [-0.05, 0) is 24.3 Å². The number of benzene rings is 1. The smallest absolute Gasteiger partial charge is 0.276 e. The first kappa shape index (κ1) is 17.1. The fourth-order valence-electron chi connectivity index (χ4n) is 2.58. The number of aromatic hydroxyl groups is 1. The largest absolute Gasteiger partial charge is 0.493 e. The fourth-order valence-corrected chi connectivity index (χ4v) is 2.85. The number of hydrogen-bond donors (Lipinski definition) is 3. The molecule has 1 aromatic carbocycles. The molecule has 0 aliphatic heterocycles. The molecule has 1 amide bonds. The second kappa shape index (κ2) is 6.62. The Labute approximate surface area is 149 Å². The van der Waals surface area contributed by atoms with Gasteiger partial charge in [0.05, 0.1) is 17.7 Å². The zero-order chi connectivity index (χ0) is 18.1. The lowest BCUT2D eigenvalue weighted by Gasteiger charge is -2.13. The molecule has 0 radical (unpaired) electrons. The van der Waals surface area contributed by atoms with Gasteiger partial charge in [-0.25, -0.2) is 5.48 Å². The standard InChI is InChI=1S/C17H17ClN4O3/c1-22(2)15-5-4-9(16(23)20-15)10-6-11-12(17(24)21-25-3)8-19-14(11)7-13(10)18/h4-8,19H,1-3H3,(H,20,23)(H,21,24). The van der Waals surface area contributed by atoms with Gasteiger partial charge in [0.2, 0.25) is 5.88 Å². The van der Waals surface area contributed by atoms with Crippen LogP contribution in [0.5, 0.6) is 5.88 Å². The van der Waals surface area contributed by atoms with E-state index in [1.165, 1.54) is 7.11 Å². The van der Waals surface area contributed by atoms with Gasteiger partial charge in [-0.3, -0.25) is 9.63 Å². The van der Waals surface area contributed by atoms with Crippen LogP contribution >= 0.6 is 11.6 Å². The number of nitrogens with zero attached hydrogens (tertiary/aromatic N) is 2. The van der Waals surface area contributed by atoms with Crippen molar-refractivity contribution in [3.8, 4) is 17.0 Å². The van der Waals surface area contributed by atoms with E-state index in [2.05, 4.69) is 20.3 Å². The van der Waals surface area contributed by atoms with Crippen molar-refractivity contribution in [2.45, 2.75) is 0 Å². The van der Waals surface area contributed by atoms with E-state index in [-0.39, 0.29) is 11.8 Å². The summed E-state index contributed by atoms with van der Waals surface area (Å²) < 4.78 is 0. The molecule has 0 bridgehead atoms. The number of H-pyrrole nitrogens is 1. The van der Waals surface area contributed by atoms with Crippen molar-refractivity contribution >= 4 is 34.2 Å². The van der Waals surface area contributed by atoms with Gasteiger partial charge in [0, 0.05) is 42.3 Å². The summed E-state index contributed by atoms with van der Waals surface area (Å²) in [5.41, 5.74) is 4.46. The zero-order valence-corrected chi connectivity index (χ0v) is 14.7. The number of fused-ring (bicyclic) bond motifs is 1. The first-order valence-corrected chi connectivity index (χ1v) is 7.82. The number of amides is 1. The first-order valence-electron chi connectivity index (χ1n) is 7.44. The second-order valence-corrected chi connectivity index (χ2v) is 6.06. The van der Waals surface area contributed by atoms with Gasteiger partial charge < -0.3 is 15.0 Å². The Morgan fingerprint density at radius 2 is 2.08 bits per heavy atom. The van der Waals surface area contributed by atoms with Crippen molar-refractivity contribution in [2.24, 2.45) is 0 Å². The minimum atomic E-state index is -0.382. The maximum atomic E-state index is 12.1. The van der Waals surface area contributed by atoms with E-state index in [0.717, 1.165) is 0 Å². The highest BCUT2D eigenvalue weighted by Crippen LogP contribution is 2.37. The molecule has 3 N–H and O–H groups in total. The number of hydrogen-bond acceptors (Lipinski definition) is 5. The Bertz CT molecular complexity index is 952. The number of aromatic nitrogens is 2. The molecule has 2 heterocycles. The average Bonchev–Trinajstić information content (AvgIpc) is 2.97. The molecule has 0 atom stereocenters. The average molecular weight is 361 g/mol. The quantitative estimate of drug-likeness (QED) is 0.622. The number of halogens is 1. The van der Waals surface area contributed by atoms with Crippen molar-refractivity contribution in [1.82, 2.24) is 15.4 Å². The van der Waals surface area contributed by atoms with E-state index in [1.807, 2.05) is 14.1 Å². The predicted octanol–water partition coefficient (Wildman–Crippen LogP) is 2.95. The van der Waals surface area contributed by atoms with Gasteiger partial charge in [0.15, 0.2) is 0 Å². The number of anilines is 1. The molecule has 7 nitrogen and oxygen atoms in total. The number of pyridine rings is 1. The Balaban J connectivity index is 2.15. The molecule has 3 rings (SSSR count). The van der Waals surface area contributed by atoms with Crippen LogP contribution in [-0.4, -0.2) is 42.2 Å². The maximum Gasteiger partial charge on any atom is 0.276 e. The lowest BCUT2D eigenvalue weighted by molar-refractivity contribution is 0.0539. The summed E-state index contributed by atoms with van der Waals surface area (Å²) in [6.45, 7) is 0. The van der Waals surface area contributed by atoms with Crippen molar-refractivity contribution in [1.29, 1.82) is 0 Å². The molecule has 8 heteroatoms. The Hall–Kier alpha value is -2.77. The van der Waals surface area contributed by atoms with E-state index >= 15 is 0 Å². The number of carbonyl (C=O) groups is 1. The predicted molar refractivity (Wildman–Crippen MR) is 97.0 cm³/mol. The van der Waals surface area contributed by atoms with E-state index in [4.69, 9.17) is 11.6 Å².